The molecule has 0 radical (unpaired) electrons. The lowest BCUT2D eigenvalue weighted by molar-refractivity contribution is 0.185. The van der Waals surface area contributed by atoms with Crippen molar-refractivity contribution in [2.24, 2.45) is 11.8 Å². The van der Waals surface area contributed by atoms with Crippen LogP contribution >= 0.6 is 0 Å². The van der Waals surface area contributed by atoms with Crippen molar-refractivity contribution in [3.05, 3.63) is 76.9 Å². The van der Waals surface area contributed by atoms with E-state index in [9.17, 15) is 0 Å². The van der Waals surface area contributed by atoms with Crippen LogP contribution in [-0.2, 0) is 17.8 Å². The number of aryl methyl sites for hydroxylation is 1. The highest BCUT2D eigenvalue weighted by Gasteiger charge is 2.19. The van der Waals surface area contributed by atoms with E-state index in [1.54, 1.807) is 7.11 Å². The molecule has 0 saturated heterocycles. The van der Waals surface area contributed by atoms with Crippen LogP contribution in [0.2, 0.25) is 0 Å². The molecule has 1 saturated carbocycles. The fourth-order valence-electron chi connectivity index (χ4n) is 3.99. The summed E-state index contributed by atoms with van der Waals surface area (Å²) in [7, 11) is 1.75. The zero-order chi connectivity index (χ0) is 19.6. The molecule has 1 heteroatoms. The van der Waals surface area contributed by atoms with Gasteiger partial charge in [-0.3, -0.25) is 0 Å². The lowest BCUT2D eigenvalue weighted by Gasteiger charge is -2.25. The number of ether oxygens (including phenoxy) is 1. The maximum atomic E-state index is 5.18. The number of rotatable bonds is 6. The molecule has 1 aliphatic rings. The summed E-state index contributed by atoms with van der Waals surface area (Å²) >= 11 is 0. The van der Waals surface area contributed by atoms with Gasteiger partial charge < -0.3 is 4.74 Å². The molecule has 1 fully saturated rings. The van der Waals surface area contributed by atoms with Gasteiger partial charge in [-0.2, -0.15) is 0 Å². The van der Waals surface area contributed by atoms with Gasteiger partial charge in [0.15, 0.2) is 0 Å². The second-order valence-electron chi connectivity index (χ2n) is 7.90. The van der Waals surface area contributed by atoms with Crippen LogP contribution < -0.4 is 0 Å². The zero-order valence-electron chi connectivity index (χ0n) is 17.3. The average molecular weight is 373 g/mol. The molecule has 1 nitrogen and oxygen atoms in total. The Bertz CT molecular complexity index is 794. The van der Waals surface area contributed by atoms with E-state index in [1.165, 1.54) is 55.2 Å². The predicted octanol–water partition coefficient (Wildman–Crippen LogP) is 6.66. The quantitative estimate of drug-likeness (QED) is 0.515. The normalized spacial score (nSPS) is 19.4. The Morgan fingerprint density at radius 2 is 1.61 bits per heavy atom. The van der Waals surface area contributed by atoms with Crippen molar-refractivity contribution in [2.45, 2.75) is 52.1 Å². The van der Waals surface area contributed by atoms with Crippen molar-refractivity contribution < 1.29 is 4.74 Å². The van der Waals surface area contributed by atoms with E-state index in [2.05, 4.69) is 72.5 Å². The van der Waals surface area contributed by atoms with Crippen LogP contribution in [0.3, 0.4) is 0 Å². The molecule has 146 valence electrons. The van der Waals surface area contributed by atoms with Gasteiger partial charge in [0.1, 0.15) is 0 Å². The Labute approximate surface area is 170 Å². The topological polar surface area (TPSA) is 9.23 Å². The first-order valence-electron chi connectivity index (χ1n) is 10.6. The van der Waals surface area contributed by atoms with E-state index < -0.39 is 0 Å². The minimum atomic E-state index is 0.569. The molecule has 2 aromatic rings. The van der Waals surface area contributed by atoms with Crippen molar-refractivity contribution in [1.29, 1.82) is 0 Å². The summed E-state index contributed by atoms with van der Waals surface area (Å²) < 4.78 is 5.18. The van der Waals surface area contributed by atoms with Crippen molar-refractivity contribution in [1.82, 2.24) is 0 Å². The SMILES string of the molecule is CC=Cc1ccc(C#C[C@H]2CC[C@H](CCc3ccc(COC)cc3)CC2)cc1. The molecule has 0 aromatic heterocycles. The van der Waals surface area contributed by atoms with Crippen LogP contribution in [0.15, 0.2) is 54.6 Å². The van der Waals surface area contributed by atoms with Crippen LogP contribution in [0, 0.1) is 23.7 Å². The second kappa shape index (κ2) is 10.9. The number of hydrogen-bond donors (Lipinski definition) is 0. The molecule has 0 heterocycles. The Balaban J connectivity index is 1.42. The third-order valence-electron chi connectivity index (χ3n) is 5.71. The smallest absolute Gasteiger partial charge is 0.0713 e. The van der Waals surface area contributed by atoms with Crippen LogP contribution in [-0.4, -0.2) is 7.11 Å². The van der Waals surface area contributed by atoms with Gasteiger partial charge in [-0.05, 0) is 80.2 Å². The van der Waals surface area contributed by atoms with E-state index in [0.717, 1.165) is 11.5 Å². The lowest BCUT2D eigenvalue weighted by atomic mass is 9.79. The summed E-state index contributed by atoms with van der Waals surface area (Å²) in [5.74, 6) is 8.34. The maximum Gasteiger partial charge on any atom is 0.0713 e. The monoisotopic (exact) mass is 372 g/mol. The lowest BCUT2D eigenvalue weighted by Crippen LogP contribution is -2.14. The first kappa shape index (κ1) is 20.4. The van der Waals surface area contributed by atoms with Crippen LogP contribution in [0.25, 0.3) is 6.08 Å². The van der Waals surface area contributed by atoms with Gasteiger partial charge >= 0.3 is 0 Å². The molecule has 0 spiro atoms. The van der Waals surface area contributed by atoms with Crippen molar-refractivity contribution in [3.63, 3.8) is 0 Å². The summed E-state index contributed by atoms with van der Waals surface area (Å²) in [6, 6.07) is 17.4. The Morgan fingerprint density at radius 3 is 2.25 bits per heavy atom. The van der Waals surface area contributed by atoms with Gasteiger partial charge in [0.05, 0.1) is 6.61 Å². The second-order valence-corrected chi connectivity index (χ2v) is 7.90. The molecule has 0 bridgehead atoms. The highest BCUT2D eigenvalue weighted by molar-refractivity contribution is 5.51. The van der Waals surface area contributed by atoms with Crippen LogP contribution in [0.4, 0.5) is 0 Å². The molecule has 0 unspecified atom stereocenters. The number of allylic oxidation sites excluding steroid dienone is 1. The molecule has 28 heavy (non-hydrogen) atoms. The summed E-state index contributed by atoms with van der Waals surface area (Å²) in [4.78, 5) is 0. The van der Waals surface area contributed by atoms with E-state index >= 15 is 0 Å². The summed E-state index contributed by atoms with van der Waals surface area (Å²) in [5.41, 5.74) is 5.07. The minimum absolute atomic E-state index is 0.569. The molecule has 0 aliphatic heterocycles. The van der Waals surface area contributed by atoms with Gasteiger partial charge in [0.25, 0.3) is 0 Å². The zero-order valence-corrected chi connectivity index (χ0v) is 17.3. The molecule has 2 aromatic carbocycles. The maximum absolute atomic E-state index is 5.18. The summed E-state index contributed by atoms with van der Waals surface area (Å²) in [6.07, 6.45) is 11.8. The molecule has 0 atom stereocenters. The largest absolute Gasteiger partial charge is 0.380 e. The first-order valence-corrected chi connectivity index (χ1v) is 10.6. The Morgan fingerprint density at radius 1 is 0.929 bits per heavy atom. The fraction of sp³-hybridized carbons (Fsp3) is 0.407. The number of benzene rings is 2. The summed E-state index contributed by atoms with van der Waals surface area (Å²) in [6.45, 7) is 2.74. The van der Waals surface area contributed by atoms with Gasteiger partial charge in [-0.15, -0.1) is 0 Å². The molecule has 0 amide bonds. The molecule has 0 N–H and O–H groups in total. The van der Waals surface area contributed by atoms with E-state index in [1.807, 2.05) is 6.92 Å². The number of hydrogen-bond acceptors (Lipinski definition) is 1. The van der Waals surface area contributed by atoms with Crippen LogP contribution in [0.1, 0.15) is 61.3 Å². The molecular weight excluding hydrogens is 340 g/mol. The Kier molecular flexibility index (Phi) is 7.94. The van der Waals surface area contributed by atoms with Gasteiger partial charge in [-0.1, -0.05) is 60.4 Å². The van der Waals surface area contributed by atoms with Gasteiger partial charge in [-0.25, -0.2) is 0 Å². The highest BCUT2D eigenvalue weighted by atomic mass is 16.5. The van der Waals surface area contributed by atoms with E-state index in [0.29, 0.717) is 12.5 Å². The first-order chi connectivity index (χ1) is 13.8. The van der Waals surface area contributed by atoms with Crippen LogP contribution in [0.5, 0.6) is 0 Å². The molecular formula is C27H32O. The average Bonchev–Trinajstić information content (AvgIpc) is 2.74. The van der Waals surface area contributed by atoms with E-state index in [4.69, 9.17) is 4.74 Å². The third-order valence-corrected chi connectivity index (χ3v) is 5.71. The van der Waals surface area contributed by atoms with Crippen molar-refractivity contribution in [3.8, 4) is 11.8 Å². The highest BCUT2D eigenvalue weighted by Crippen LogP contribution is 2.31. The standard InChI is InChI=1S/C27H32O/c1-3-4-22-5-7-23(8-6-22)9-10-24-11-13-25(14-12-24)15-16-26-17-19-27(20-18-26)21-28-2/h3-8,17-20,24-25H,11-16,21H2,1-2H3/t24-,25-. The van der Waals surface area contributed by atoms with E-state index in [-0.39, 0.29) is 0 Å². The molecule has 3 rings (SSSR count). The molecule has 1 aliphatic carbocycles. The third kappa shape index (κ3) is 6.39. The fourth-order valence-corrected chi connectivity index (χ4v) is 3.99. The van der Waals surface area contributed by atoms with Crippen molar-refractivity contribution >= 4 is 6.08 Å². The Hall–Kier alpha value is -2.30. The van der Waals surface area contributed by atoms with Crippen molar-refractivity contribution in [2.75, 3.05) is 7.11 Å². The van der Waals surface area contributed by atoms with Gasteiger partial charge in [0.2, 0.25) is 0 Å². The minimum Gasteiger partial charge on any atom is -0.380 e. The van der Waals surface area contributed by atoms with Gasteiger partial charge in [0, 0.05) is 18.6 Å². The summed E-state index contributed by atoms with van der Waals surface area (Å²) in [5, 5.41) is 0. The number of methoxy groups -OCH3 is 1. The predicted molar refractivity (Wildman–Crippen MR) is 119 cm³/mol.